The van der Waals surface area contributed by atoms with Crippen LogP contribution in [-0.2, 0) is 16.1 Å². The number of hydrogen-bond donors (Lipinski definition) is 2. The van der Waals surface area contributed by atoms with E-state index in [1.54, 1.807) is 6.33 Å². The van der Waals surface area contributed by atoms with Gasteiger partial charge in [0.1, 0.15) is 6.10 Å². The lowest BCUT2D eigenvalue weighted by molar-refractivity contribution is -0.157. The third-order valence-electron chi connectivity index (χ3n) is 8.84. The summed E-state index contributed by atoms with van der Waals surface area (Å²) in [5.74, 6) is -0.0451. The van der Waals surface area contributed by atoms with Crippen molar-refractivity contribution in [3.63, 3.8) is 0 Å². The van der Waals surface area contributed by atoms with E-state index in [2.05, 4.69) is 67.6 Å². The number of H-pyrrole nitrogens is 1. The van der Waals surface area contributed by atoms with E-state index in [0.29, 0.717) is 0 Å². The Kier molecular flexibility index (Phi) is 8.18. The van der Waals surface area contributed by atoms with Crippen LogP contribution in [0.1, 0.15) is 36.9 Å². The van der Waals surface area contributed by atoms with E-state index in [1.807, 2.05) is 37.4 Å². The van der Waals surface area contributed by atoms with Crippen LogP contribution < -0.4 is 5.32 Å². The summed E-state index contributed by atoms with van der Waals surface area (Å²) in [7, 11) is 0. The summed E-state index contributed by atoms with van der Waals surface area (Å²) in [6, 6.07) is 23.2. The molecule has 5 aromatic rings. The van der Waals surface area contributed by atoms with Crippen molar-refractivity contribution >= 4 is 16.9 Å². The quantitative estimate of drug-likeness (QED) is 0.220. The van der Waals surface area contributed by atoms with Crippen LogP contribution in [0.25, 0.3) is 44.7 Å². The number of esters is 1. The molecule has 44 heavy (non-hydrogen) atoms. The normalized spacial score (nSPS) is 18.0. The molecule has 0 saturated carbocycles. The number of aromatic nitrogens is 4. The Bertz CT molecular complexity index is 1760. The van der Waals surface area contributed by atoms with Gasteiger partial charge in [0, 0.05) is 41.5 Å². The predicted molar refractivity (Wildman–Crippen MR) is 173 cm³/mol. The minimum absolute atomic E-state index is 0.0146. The van der Waals surface area contributed by atoms with Crippen LogP contribution >= 0.6 is 0 Å². The number of benzene rings is 2. The van der Waals surface area contributed by atoms with Crippen molar-refractivity contribution in [3.05, 3.63) is 90.5 Å². The van der Waals surface area contributed by atoms with E-state index in [4.69, 9.17) is 9.72 Å². The Morgan fingerprint density at radius 3 is 2.61 bits per heavy atom. The highest BCUT2D eigenvalue weighted by Crippen LogP contribution is 2.31. The van der Waals surface area contributed by atoms with Crippen molar-refractivity contribution in [1.29, 1.82) is 0 Å². The van der Waals surface area contributed by atoms with Gasteiger partial charge in [0.2, 0.25) is 0 Å². The fourth-order valence-corrected chi connectivity index (χ4v) is 6.45. The van der Waals surface area contributed by atoms with Gasteiger partial charge in [0.25, 0.3) is 0 Å². The predicted octanol–water partition coefficient (Wildman–Crippen LogP) is 6.17. The van der Waals surface area contributed by atoms with Crippen LogP contribution in [0.15, 0.2) is 79.3 Å². The summed E-state index contributed by atoms with van der Waals surface area (Å²) in [4.78, 5) is 32.6. The van der Waals surface area contributed by atoms with E-state index in [0.717, 1.165) is 109 Å². The third-order valence-corrected chi connectivity index (χ3v) is 8.84. The van der Waals surface area contributed by atoms with Gasteiger partial charge < -0.3 is 15.0 Å². The molecule has 224 valence electrons. The highest BCUT2D eigenvalue weighted by atomic mass is 16.5. The van der Waals surface area contributed by atoms with Crippen molar-refractivity contribution in [2.24, 2.45) is 5.92 Å². The van der Waals surface area contributed by atoms with Crippen LogP contribution in [0, 0.1) is 12.8 Å². The smallest absolute Gasteiger partial charge is 0.310 e. The molecule has 2 aliphatic rings. The van der Waals surface area contributed by atoms with Crippen LogP contribution in [-0.4, -0.2) is 63.1 Å². The van der Waals surface area contributed by atoms with Gasteiger partial charge in [-0.2, -0.15) is 0 Å². The van der Waals surface area contributed by atoms with Gasteiger partial charge in [-0.3, -0.25) is 19.7 Å². The number of ether oxygens (including phenoxy) is 1. The molecule has 2 aromatic carbocycles. The molecule has 2 N–H and O–H groups in total. The van der Waals surface area contributed by atoms with E-state index in [9.17, 15) is 4.79 Å². The number of rotatable bonds is 7. The summed E-state index contributed by atoms with van der Waals surface area (Å²) in [6.45, 7) is 6.46. The molecule has 0 aliphatic carbocycles. The molecule has 0 spiro atoms. The zero-order chi connectivity index (χ0) is 29.9. The van der Waals surface area contributed by atoms with E-state index < -0.39 is 0 Å². The van der Waals surface area contributed by atoms with Crippen LogP contribution in [0.5, 0.6) is 0 Å². The number of aryl methyl sites for hydroxylation is 1. The van der Waals surface area contributed by atoms with Gasteiger partial charge in [0.15, 0.2) is 0 Å². The summed E-state index contributed by atoms with van der Waals surface area (Å²) >= 11 is 0. The van der Waals surface area contributed by atoms with Gasteiger partial charge in [0.05, 0.1) is 34.8 Å². The summed E-state index contributed by atoms with van der Waals surface area (Å²) in [5.41, 5.74) is 9.03. The van der Waals surface area contributed by atoms with E-state index in [1.165, 1.54) is 5.56 Å². The van der Waals surface area contributed by atoms with E-state index in [-0.39, 0.29) is 18.0 Å². The molecule has 8 heteroatoms. The van der Waals surface area contributed by atoms with Crippen molar-refractivity contribution in [3.8, 4) is 33.8 Å². The molecule has 2 fully saturated rings. The fourth-order valence-electron chi connectivity index (χ4n) is 6.45. The minimum Gasteiger partial charge on any atom is -0.462 e. The number of nitrogens with one attached hydrogen (secondary N) is 2. The first-order valence-corrected chi connectivity index (χ1v) is 15.7. The standard InChI is InChI=1S/C36H38N6O2/c1-24-4-2-6-33(41-24)35-34(39-23-40-35)27-11-12-32-29(18-27)19-30(20-38-32)26-9-7-25(8-10-26)21-42-17-3-5-28(22-42)36(43)44-31-13-15-37-16-14-31/h2,4,6-12,18-20,23,28,31,37H,3,5,13-17,21-22H2,1H3,(H,39,40)/t28-/m1/s1. The molecule has 3 aromatic heterocycles. The maximum Gasteiger partial charge on any atom is 0.310 e. The summed E-state index contributed by atoms with van der Waals surface area (Å²) < 4.78 is 5.86. The largest absolute Gasteiger partial charge is 0.462 e. The second-order valence-electron chi connectivity index (χ2n) is 12.1. The minimum atomic E-state index is -0.0305. The number of nitrogens with zero attached hydrogens (tertiary/aromatic N) is 4. The highest BCUT2D eigenvalue weighted by Gasteiger charge is 2.29. The average molecular weight is 587 g/mol. The SMILES string of the molecule is Cc1cccc(-c2[nH]cnc2-c2ccc3ncc(-c4ccc(CN5CCC[C@@H](C(=O)OC6CCNCC6)C5)cc4)cc3c2)n1. The first kappa shape index (κ1) is 28.4. The van der Waals surface area contributed by atoms with Crippen molar-refractivity contribution in [2.45, 2.75) is 45.3 Å². The fraction of sp³-hybridized carbons (Fsp3) is 0.333. The number of likely N-dealkylation sites (tertiary alicyclic amines) is 1. The van der Waals surface area contributed by atoms with Crippen molar-refractivity contribution in [1.82, 2.24) is 30.2 Å². The van der Waals surface area contributed by atoms with Crippen molar-refractivity contribution in [2.75, 3.05) is 26.2 Å². The topological polar surface area (TPSA) is 96.0 Å². The average Bonchev–Trinajstić information content (AvgIpc) is 3.56. The summed E-state index contributed by atoms with van der Waals surface area (Å²) in [5, 5.41) is 4.39. The molecule has 7 rings (SSSR count). The molecular weight excluding hydrogens is 548 g/mol. The highest BCUT2D eigenvalue weighted by molar-refractivity contribution is 5.89. The molecule has 2 aliphatic heterocycles. The van der Waals surface area contributed by atoms with Crippen LogP contribution in [0.3, 0.4) is 0 Å². The Hall–Kier alpha value is -4.40. The number of pyridine rings is 2. The lowest BCUT2D eigenvalue weighted by atomic mass is 9.97. The number of piperidine rings is 2. The monoisotopic (exact) mass is 586 g/mol. The first-order chi connectivity index (χ1) is 21.6. The Morgan fingerprint density at radius 1 is 0.955 bits per heavy atom. The van der Waals surface area contributed by atoms with Gasteiger partial charge in [-0.05, 0) is 93.7 Å². The molecule has 8 nitrogen and oxygen atoms in total. The third kappa shape index (κ3) is 6.27. The Labute approximate surface area is 257 Å². The van der Waals surface area contributed by atoms with E-state index >= 15 is 0 Å². The maximum atomic E-state index is 12.9. The lowest BCUT2D eigenvalue weighted by Gasteiger charge is -2.33. The zero-order valence-electron chi connectivity index (χ0n) is 25.1. The number of aromatic amines is 1. The molecular formula is C36H38N6O2. The van der Waals surface area contributed by atoms with Crippen molar-refractivity contribution < 1.29 is 9.53 Å². The molecule has 5 heterocycles. The van der Waals surface area contributed by atoms with Gasteiger partial charge >= 0.3 is 5.97 Å². The van der Waals surface area contributed by atoms with Gasteiger partial charge in [-0.15, -0.1) is 0 Å². The number of imidazole rings is 1. The van der Waals surface area contributed by atoms with Gasteiger partial charge in [-0.1, -0.05) is 36.4 Å². The number of carbonyl (C=O) groups is 1. The second kappa shape index (κ2) is 12.7. The maximum absolute atomic E-state index is 12.9. The molecule has 0 amide bonds. The number of carbonyl (C=O) groups excluding carboxylic acids is 1. The zero-order valence-corrected chi connectivity index (χ0v) is 25.1. The molecule has 0 radical (unpaired) electrons. The molecule has 1 atom stereocenters. The Morgan fingerprint density at radius 2 is 1.77 bits per heavy atom. The second-order valence-corrected chi connectivity index (χ2v) is 12.1. The molecule has 0 bridgehead atoms. The number of fused-ring (bicyclic) bond motifs is 1. The number of hydrogen-bond acceptors (Lipinski definition) is 7. The molecule has 0 unspecified atom stereocenters. The van der Waals surface area contributed by atoms with Crippen LogP contribution in [0.4, 0.5) is 0 Å². The Balaban J connectivity index is 1.04. The van der Waals surface area contributed by atoms with Gasteiger partial charge in [-0.25, -0.2) is 4.98 Å². The molecule has 2 saturated heterocycles. The first-order valence-electron chi connectivity index (χ1n) is 15.7. The van der Waals surface area contributed by atoms with Crippen LogP contribution in [0.2, 0.25) is 0 Å². The lowest BCUT2D eigenvalue weighted by Crippen LogP contribution is -2.41. The summed E-state index contributed by atoms with van der Waals surface area (Å²) in [6.07, 6.45) is 7.51.